The number of nitrogens with zero attached hydrogens (tertiary/aromatic N) is 5. The van der Waals surface area contributed by atoms with Gasteiger partial charge in [-0.05, 0) is 30.7 Å². The van der Waals surface area contributed by atoms with E-state index >= 15 is 0 Å². The number of para-hydroxylation sites is 1. The fraction of sp³-hybridized carbons (Fsp3) is 0.192. The fourth-order valence-corrected chi connectivity index (χ4v) is 4.18. The molecule has 0 aliphatic heterocycles. The third kappa shape index (κ3) is 4.05. The number of benzene rings is 1. The topological polar surface area (TPSA) is 97.1 Å². The number of aromatic nitrogens is 5. The molecule has 1 aromatic carbocycles. The number of rotatable bonds is 6. The van der Waals surface area contributed by atoms with Crippen LogP contribution in [0, 0.1) is 6.92 Å². The third-order valence-corrected chi connectivity index (χ3v) is 5.94. The maximum atomic E-state index is 12.3. The Hall–Kier alpha value is -4.33. The molecule has 8 nitrogen and oxygen atoms in total. The van der Waals surface area contributed by atoms with Crippen LogP contribution < -0.4 is 10.6 Å². The second kappa shape index (κ2) is 8.90. The molecule has 1 atom stereocenters. The van der Waals surface area contributed by atoms with Crippen LogP contribution in [0.25, 0.3) is 27.8 Å². The molecular weight excluding hydrogens is 426 g/mol. The van der Waals surface area contributed by atoms with E-state index in [0.717, 1.165) is 44.9 Å². The summed E-state index contributed by atoms with van der Waals surface area (Å²) >= 11 is 0. The highest BCUT2D eigenvalue weighted by Crippen LogP contribution is 2.27. The van der Waals surface area contributed by atoms with Gasteiger partial charge in [-0.15, -0.1) is 0 Å². The molecule has 0 bridgehead atoms. The predicted molar refractivity (Wildman–Crippen MR) is 133 cm³/mol. The van der Waals surface area contributed by atoms with Crippen LogP contribution in [0.15, 0.2) is 67.4 Å². The molecule has 34 heavy (non-hydrogen) atoms. The molecule has 0 radical (unpaired) electrons. The van der Waals surface area contributed by atoms with Crippen molar-refractivity contribution in [2.24, 2.45) is 0 Å². The maximum absolute atomic E-state index is 12.3. The van der Waals surface area contributed by atoms with Gasteiger partial charge < -0.3 is 15.0 Å². The van der Waals surface area contributed by atoms with Crippen LogP contribution in [0.2, 0.25) is 0 Å². The molecule has 5 aromatic rings. The van der Waals surface area contributed by atoms with Crippen LogP contribution in [0.5, 0.6) is 0 Å². The van der Waals surface area contributed by atoms with Crippen molar-refractivity contribution in [2.45, 2.75) is 19.8 Å². The van der Waals surface area contributed by atoms with Crippen molar-refractivity contribution in [3.8, 4) is 11.3 Å². The Labute approximate surface area is 197 Å². The number of carbonyl (C=O) groups is 1. The van der Waals surface area contributed by atoms with Gasteiger partial charge in [0.05, 0.1) is 22.5 Å². The smallest absolute Gasteiger partial charge is 0.251 e. The minimum Gasteiger partial charge on any atom is -0.369 e. The Kier molecular flexibility index (Phi) is 5.63. The van der Waals surface area contributed by atoms with Gasteiger partial charge in [-0.2, -0.15) is 0 Å². The summed E-state index contributed by atoms with van der Waals surface area (Å²) in [5.41, 5.74) is 6.21. The standard InChI is InChI=1S/C26H25N7O/c1-16(19-5-4-6-20-21(26(34)27-3)7-9-28-25(19)20)13-29-23-12-22(30-15-31-23)18-8-10-33-14-17(2)32-24(33)11-18/h4-12,14-16H,13H2,1-3H3,(H,27,34)(H,29,30,31)/t16-/m0/s1. The Balaban J connectivity index is 1.37. The van der Waals surface area contributed by atoms with Gasteiger partial charge in [-0.25, -0.2) is 15.0 Å². The van der Waals surface area contributed by atoms with Crippen molar-refractivity contribution in [1.29, 1.82) is 0 Å². The summed E-state index contributed by atoms with van der Waals surface area (Å²) in [6.45, 7) is 4.76. The van der Waals surface area contributed by atoms with Crippen molar-refractivity contribution in [2.75, 3.05) is 18.9 Å². The van der Waals surface area contributed by atoms with Crippen LogP contribution in [-0.2, 0) is 0 Å². The third-order valence-electron chi connectivity index (χ3n) is 5.94. The van der Waals surface area contributed by atoms with Gasteiger partial charge in [0.2, 0.25) is 0 Å². The molecule has 0 spiro atoms. The lowest BCUT2D eigenvalue weighted by Crippen LogP contribution is -2.18. The van der Waals surface area contributed by atoms with E-state index in [0.29, 0.717) is 12.1 Å². The Morgan fingerprint density at radius 1 is 1.12 bits per heavy atom. The van der Waals surface area contributed by atoms with Crippen LogP contribution in [-0.4, -0.2) is 43.8 Å². The number of anilines is 1. The van der Waals surface area contributed by atoms with Crippen LogP contribution in [0.1, 0.15) is 34.5 Å². The molecule has 170 valence electrons. The minimum absolute atomic E-state index is 0.118. The van der Waals surface area contributed by atoms with Crippen LogP contribution in [0.3, 0.4) is 0 Å². The zero-order valence-electron chi connectivity index (χ0n) is 19.3. The lowest BCUT2D eigenvalue weighted by Gasteiger charge is -2.16. The van der Waals surface area contributed by atoms with E-state index in [2.05, 4.69) is 43.6 Å². The number of aryl methyl sites for hydroxylation is 1. The molecule has 0 saturated carbocycles. The first kappa shape index (κ1) is 21.5. The first-order valence-electron chi connectivity index (χ1n) is 11.1. The molecule has 8 heteroatoms. The monoisotopic (exact) mass is 451 g/mol. The highest BCUT2D eigenvalue weighted by Gasteiger charge is 2.15. The normalized spacial score (nSPS) is 12.1. The molecule has 0 saturated heterocycles. The summed E-state index contributed by atoms with van der Waals surface area (Å²) in [4.78, 5) is 30.2. The number of carbonyl (C=O) groups excluding carboxylic acids is 1. The summed E-state index contributed by atoms with van der Waals surface area (Å²) in [7, 11) is 1.63. The fourth-order valence-electron chi connectivity index (χ4n) is 4.18. The number of nitrogens with one attached hydrogen (secondary N) is 2. The number of pyridine rings is 2. The van der Waals surface area contributed by atoms with Crippen molar-refractivity contribution in [3.63, 3.8) is 0 Å². The Morgan fingerprint density at radius 2 is 2.00 bits per heavy atom. The molecule has 0 unspecified atom stereocenters. The lowest BCUT2D eigenvalue weighted by atomic mass is 9.96. The van der Waals surface area contributed by atoms with Gasteiger partial charge >= 0.3 is 0 Å². The summed E-state index contributed by atoms with van der Waals surface area (Å²) in [6, 6.07) is 13.7. The SMILES string of the molecule is CNC(=O)c1ccnc2c([C@@H](C)CNc3cc(-c4ccn5cc(C)nc5c4)ncn3)cccc12. The van der Waals surface area contributed by atoms with Crippen molar-refractivity contribution in [1.82, 2.24) is 29.7 Å². The maximum Gasteiger partial charge on any atom is 0.251 e. The van der Waals surface area contributed by atoms with E-state index in [1.807, 2.05) is 54.0 Å². The molecule has 2 N–H and O–H groups in total. The van der Waals surface area contributed by atoms with E-state index < -0.39 is 0 Å². The largest absolute Gasteiger partial charge is 0.369 e. The van der Waals surface area contributed by atoms with E-state index in [-0.39, 0.29) is 11.8 Å². The lowest BCUT2D eigenvalue weighted by molar-refractivity contribution is 0.0964. The minimum atomic E-state index is -0.118. The quantitative estimate of drug-likeness (QED) is 0.401. The van der Waals surface area contributed by atoms with Gasteiger partial charge in [0.1, 0.15) is 17.8 Å². The van der Waals surface area contributed by atoms with Crippen LogP contribution in [0.4, 0.5) is 5.82 Å². The number of amides is 1. The summed E-state index contributed by atoms with van der Waals surface area (Å²) < 4.78 is 1.99. The zero-order chi connectivity index (χ0) is 23.7. The first-order chi connectivity index (χ1) is 16.5. The van der Waals surface area contributed by atoms with Gasteiger partial charge in [0, 0.05) is 55.1 Å². The molecular formula is C26H25N7O. The van der Waals surface area contributed by atoms with Gasteiger partial charge in [-0.3, -0.25) is 9.78 Å². The summed E-state index contributed by atoms with van der Waals surface area (Å²) in [5.74, 6) is 0.766. The zero-order valence-corrected chi connectivity index (χ0v) is 19.3. The summed E-state index contributed by atoms with van der Waals surface area (Å²) in [6.07, 6.45) is 7.24. The van der Waals surface area contributed by atoms with E-state index in [9.17, 15) is 4.79 Å². The predicted octanol–water partition coefficient (Wildman–Crippen LogP) is 4.22. The molecule has 0 fully saturated rings. The molecule has 0 aliphatic carbocycles. The number of imidazole rings is 1. The Bertz CT molecular complexity index is 1510. The Morgan fingerprint density at radius 3 is 2.85 bits per heavy atom. The molecule has 0 aliphatic rings. The molecule has 5 rings (SSSR count). The number of hydrogen-bond acceptors (Lipinski definition) is 6. The molecule has 4 aromatic heterocycles. The average Bonchev–Trinajstić information content (AvgIpc) is 3.25. The second-order valence-corrected chi connectivity index (χ2v) is 8.31. The van der Waals surface area contributed by atoms with Crippen molar-refractivity contribution in [3.05, 3.63) is 84.2 Å². The second-order valence-electron chi connectivity index (χ2n) is 8.31. The highest BCUT2D eigenvalue weighted by atomic mass is 16.1. The molecule has 1 amide bonds. The van der Waals surface area contributed by atoms with Crippen molar-refractivity contribution >= 4 is 28.3 Å². The average molecular weight is 452 g/mol. The molecule has 4 heterocycles. The van der Waals surface area contributed by atoms with Gasteiger partial charge in [-0.1, -0.05) is 25.1 Å². The highest BCUT2D eigenvalue weighted by molar-refractivity contribution is 6.06. The van der Waals surface area contributed by atoms with Crippen molar-refractivity contribution < 1.29 is 4.79 Å². The van der Waals surface area contributed by atoms with E-state index in [1.54, 1.807) is 25.6 Å². The number of hydrogen-bond donors (Lipinski definition) is 2. The number of fused-ring (bicyclic) bond motifs is 2. The summed E-state index contributed by atoms with van der Waals surface area (Å²) in [5, 5.41) is 6.98. The van der Waals surface area contributed by atoms with Crippen LogP contribution >= 0.6 is 0 Å². The van der Waals surface area contributed by atoms with Gasteiger partial charge in [0.15, 0.2) is 0 Å². The van der Waals surface area contributed by atoms with E-state index in [4.69, 9.17) is 0 Å². The van der Waals surface area contributed by atoms with E-state index in [1.165, 1.54) is 0 Å². The first-order valence-corrected chi connectivity index (χ1v) is 11.1. The van der Waals surface area contributed by atoms with Gasteiger partial charge in [0.25, 0.3) is 5.91 Å².